The molecule has 2 unspecified atom stereocenters. The van der Waals surface area contributed by atoms with E-state index in [1.54, 1.807) is 0 Å². The molecule has 0 spiro atoms. The van der Waals surface area contributed by atoms with Crippen LogP contribution in [-0.2, 0) is 4.74 Å². The van der Waals surface area contributed by atoms with E-state index in [-0.39, 0.29) is 5.54 Å². The van der Waals surface area contributed by atoms with E-state index in [0.717, 1.165) is 31.1 Å². The van der Waals surface area contributed by atoms with Gasteiger partial charge in [0.15, 0.2) is 0 Å². The average molecular weight is 251 g/mol. The zero-order valence-electron chi connectivity index (χ0n) is 12.5. The molecule has 0 aromatic rings. The number of nitrogens with one attached hydrogen (secondary N) is 1. The van der Waals surface area contributed by atoms with Gasteiger partial charge >= 0.3 is 0 Å². The normalized spacial score (nSPS) is 24.2. The summed E-state index contributed by atoms with van der Waals surface area (Å²) in [5.74, 6) is 1.43. The van der Waals surface area contributed by atoms with Crippen LogP contribution in [0.2, 0.25) is 0 Å². The molecule has 1 rings (SSSR count). The highest BCUT2D eigenvalue weighted by Gasteiger charge is 2.18. The van der Waals surface area contributed by atoms with E-state index >= 15 is 0 Å². The van der Waals surface area contributed by atoms with E-state index in [0.29, 0.717) is 12.5 Å². The van der Waals surface area contributed by atoms with Crippen LogP contribution in [0.15, 0.2) is 24.3 Å². The van der Waals surface area contributed by atoms with Crippen molar-refractivity contribution in [1.29, 1.82) is 0 Å². The van der Waals surface area contributed by atoms with Gasteiger partial charge in [0.25, 0.3) is 0 Å². The van der Waals surface area contributed by atoms with Crippen LogP contribution in [0, 0.1) is 11.8 Å². The van der Waals surface area contributed by atoms with Crippen molar-refractivity contribution in [3.8, 4) is 0 Å². The largest absolute Gasteiger partial charge is 0.377 e. The third-order valence-corrected chi connectivity index (χ3v) is 3.42. The maximum Gasteiger partial charge on any atom is 0.0686 e. The summed E-state index contributed by atoms with van der Waals surface area (Å²) in [6.07, 6.45) is 6.92. The molecule has 0 radical (unpaired) electrons. The molecule has 1 N–H and O–H groups in total. The van der Waals surface area contributed by atoms with E-state index in [1.807, 2.05) is 0 Å². The van der Waals surface area contributed by atoms with Gasteiger partial charge < -0.3 is 10.1 Å². The molecule has 2 nitrogen and oxygen atoms in total. The maximum atomic E-state index is 5.80. The Morgan fingerprint density at radius 3 is 2.61 bits per heavy atom. The highest BCUT2D eigenvalue weighted by Crippen LogP contribution is 2.25. The molecule has 0 amide bonds. The molecule has 18 heavy (non-hydrogen) atoms. The fraction of sp³-hybridized carbons (Fsp3) is 0.750. The lowest BCUT2D eigenvalue weighted by molar-refractivity contribution is 0.0934. The second kappa shape index (κ2) is 7.10. The maximum absolute atomic E-state index is 5.80. The van der Waals surface area contributed by atoms with Gasteiger partial charge in [-0.3, -0.25) is 0 Å². The van der Waals surface area contributed by atoms with Gasteiger partial charge in [-0.15, -0.1) is 0 Å². The molecule has 2 atom stereocenters. The lowest BCUT2D eigenvalue weighted by Gasteiger charge is -2.25. The van der Waals surface area contributed by atoms with Gasteiger partial charge in [0.2, 0.25) is 0 Å². The van der Waals surface area contributed by atoms with Gasteiger partial charge in [-0.2, -0.15) is 0 Å². The number of ether oxygens (including phenoxy) is 1. The summed E-state index contributed by atoms with van der Waals surface area (Å²) in [4.78, 5) is 0. The molecule has 0 aromatic heterocycles. The first-order chi connectivity index (χ1) is 8.38. The monoisotopic (exact) mass is 251 g/mol. The molecular formula is C16H29NO. The van der Waals surface area contributed by atoms with Crippen LogP contribution in [-0.4, -0.2) is 25.3 Å². The van der Waals surface area contributed by atoms with Crippen molar-refractivity contribution in [1.82, 2.24) is 5.32 Å². The first-order valence-electron chi connectivity index (χ1n) is 7.03. The number of hydrogen-bond acceptors (Lipinski definition) is 2. The van der Waals surface area contributed by atoms with Gasteiger partial charge in [0, 0.05) is 12.1 Å². The Bertz CT molecular complexity index is 288. The standard InChI is InChI=1S/C16H29NO/c1-13(10-17-16(3,4)5)11-18-12-15-9-7-6-8-14(15)2/h6-7,14-15,17H,1,8-12H2,2-5H3. The quantitative estimate of drug-likeness (QED) is 0.729. The molecule has 0 aromatic carbocycles. The van der Waals surface area contributed by atoms with Gasteiger partial charge in [-0.25, -0.2) is 0 Å². The van der Waals surface area contributed by atoms with E-state index in [9.17, 15) is 0 Å². The molecule has 0 heterocycles. The Hall–Kier alpha value is -0.600. The SMILES string of the molecule is C=C(CNC(C)(C)C)COCC1CC=CCC1C. The van der Waals surface area contributed by atoms with Gasteiger partial charge in [-0.1, -0.05) is 25.7 Å². The Labute approximate surface area is 112 Å². The van der Waals surface area contributed by atoms with Crippen molar-refractivity contribution in [2.24, 2.45) is 11.8 Å². The van der Waals surface area contributed by atoms with Crippen LogP contribution >= 0.6 is 0 Å². The van der Waals surface area contributed by atoms with Crippen LogP contribution in [0.1, 0.15) is 40.5 Å². The average Bonchev–Trinajstić information content (AvgIpc) is 2.28. The summed E-state index contributed by atoms with van der Waals surface area (Å²) < 4.78 is 5.80. The number of allylic oxidation sites excluding steroid dienone is 2. The van der Waals surface area contributed by atoms with Crippen molar-refractivity contribution < 1.29 is 4.74 Å². The first kappa shape index (κ1) is 15.5. The molecule has 0 saturated carbocycles. The summed E-state index contributed by atoms with van der Waals surface area (Å²) in [6.45, 7) is 15.2. The summed E-state index contributed by atoms with van der Waals surface area (Å²) in [6, 6.07) is 0. The van der Waals surface area contributed by atoms with Crippen molar-refractivity contribution in [2.45, 2.75) is 46.1 Å². The molecule has 2 heteroatoms. The van der Waals surface area contributed by atoms with E-state index in [4.69, 9.17) is 4.74 Å². The lowest BCUT2D eigenvalue weighted by atomic mass is 9.85. The summed E-state index contributed by atoms with van der Waals surface area (Å²) in [5, 5.41) is 3.43. The van der Waals surface area contributed by atoms with Crippen molar-refractivity contribution in [3.05, 3.63) is 24.3 Å². The topological polar surface area (TPSA) is 21.3 Å². The van der Waals surface area contributed by atoms with Gasteiger partial charge in [0.1, 0.15) is 0 Å². The fourth-order valence-corrected chi connectivity index (χ4v) is 2.03. The predicted molar refractivity (Wildman–Crippen MR) is 78.7 cm³/mol. The summed E-state index contributed by atoms with van der Waals surface area (Å²) in [7, 11) is 0. The smallest absolute Gasteiger partial charge is 0.0686 e. The van der Waals surface area contributed by atoms with Crippen LogP contribution in [0.5, 0.6) is 0 Å². The molecule has 0 aliphatic heterocycles. The highest BCUT2D eigenvalue weighted by atomic mass is 16.5. The molecule has 1 aliphatic carbocycles. The number of rotatable bonds is 6. The second-order valence-electron chi connectivity index (χ2n) is 6.55. The van der Waals surface area contributed by atoms with Gasteiger partial charge in [-0.05, 0) is 51.0 Å². The molecule has 1 aliphatic rings. The fourth-order valence-electron chi connectivity index (χ4n) is 2.03. The minimum atomic E-state index is 0.144. The van der Waals surface area contributed by atoms with Crippen LogP contribution < -0.4 is 5.32 Å². The van der Waals surface area contributed by atoms with Crippen LogP contribution in [0.3, 0.4) is 0 Å². The lowest BCUT2D eigenvalue weighted by Crippen LogP contribution is -2.37. The first-order valence-corrected chi connectivity index (χ1v) is 7.03. The third kappa shape index (κ3) is 6.36. The number of hydrogen-bond donors (Lipinski definition) is 1. The Kier molecular flexibility index (Phi) is 6.10. The zero-order chi connectivity index (χ0) is 13.6. The van der Waals surface area contributed by atoms with E-state index < -0.39 is 0 Å². The molecule has 0 bridgehead atoms. The molecule has 104 valence electrons. The van der Waals surface area contributed by atoms with Crippen molar-refractivity contribution >= 4 is 0 Å². The minimum absolute atomic E-state index is 0.144. The second-order valence-corrected chi connectivity index (χ2v) is 6.55. The Balaban J connectivity index is 2.13. The third-order valence-electron chi connectivity index (χ3n) is 3.42. The summed E-state index contributed by atoms with van der Waals surface area (Å²) >= 11 is 0. The highest BCUT2D eigenvalue weighted by molar-refractivity contribution is 4.99. The Morgan fingerprint density at radius 1 is 1.33 bits per heavy atom. The van der Waals surface area contributed by atoms with Crippen molar-refractivity contribution in [2.75, 3.05) is 19.8 Å². The molecular weight excluding hydrogens is 222 g/mol. The van der Waals surface area contributed by atoms with Crippen LogP contribution in [0.4, 0.5) is 0 Å². The molecule has 0 saturated heterocycles. The predicted octanol–water partition coefficient (Wildman–Crippen LogP) is 3.55. The minimum Gasteiger partial charge on any atom is -0.377 e. The van der Waals surface area contributed by atoms with Crippen LogP contribution in [0.25, 0.3) is 0 Å². The Morgan fingerprint density at radius 2 is 2.00 bits per heavy atom. The van der Waals surface area contributed by atoms with E-state index in [1.165, 1.54) is 6.42 Å². The molecule has 0 fully saturated rings. The summed E-state index contributed by atoms with van der Waals surface area (Å²) in [5.41, 5.74) is 1.27. The van der Waals surface area contributed by atoms with E-state index in [2.05, 4.69) is 51.7 Å². The zero-order valence-corrected chi connectivity index (χ0v) is 12.5. The van der Waals surface area contributed by atoms with Gasteiger partial charge in [0.05, 0.1) is 13.2 Å². The van der Waals surface area contributed by atoms with Crippen molar-refractivity contribution in [3.63, 3.8) is 0 Å².